The van der Waals surface area contributed by atoms with Gasteiger partial charge in [0, 0.05) is 12.0 Å². The SMILES string of the molecule is CN1CCC(Cc2nc(-c3cccc(B(O)O)c3)no2)CC1. The van der Waals surface area contributed by atoms with Crippen LogP contribution >= 0.6 is 0 Å². The molecule has 0 atom stereocenters. The minimum atomic E-state index is -1.49. The zero-order valence-electron chi connectivity index (χ0n) is 12.6. The van der Waals surface area contributed by atoms with E-state index in [1.807, 2.05) is 6.07 Å². The first-order valence-corrected chi connectivity index (χ1v) is 7.59. The van der Waals surface area contributed by atoms with Crippen LogP contribution in [0.5, 0.6) is 0 Å². The van der Waals surface area contributed by atoms with Crippen LogP contribution in [0.2, 0.25) is 0 Å². The van der Waals surface area contributed by atoms with Gasteiger partial charge in [0.1, 0.15) is 0 Å². The van der Waals surface area contributed by atoms with Crippen LogP contribution in [0.25, 0.3) is 11.4 Å². The summed E-state index contributed by atoms with van der Waals surface area (Å²) in [5.74, 6) is 1.74. The summed E-state index contributed by atoms with van der Waals surface area (Å²) in [6.07, 6.45) is 3.12. The molecule has 1 aromatic carbocycles. The topological polar surface area (TPSA) is 82.6 Å². The van der Waals surface area contributed by atoms with Gasteiger partial charge < -0.3 is 19.5 Å². The predicted molar refractivity (Wildman–Crippen MR) is 83.5 cm³/mol. The number of hydrogen-bond acceptors (Lipinski definition) is 6. The van der Waals surface area contributed by atoms with E-state index < -0.39 is 7.12 Å². The molecule has 1 aliphatic rings. The molecule has 2 heterocycles. The van der Waals surface area contributed by atoms with Crippen LogP contribution in [0, 0.1) is 5.92 Å². The van der Waals surface area contributed by atoms with Crippen molar-refractivity contribution >= 4 is 12.6 Å². The fourth-order valence-electron chi connectivity index (χ4n) is 2.81. The van der Waals surface area contributed by atoms with E-state index in [1.165, 1.54) is 0 Å². The Balaban J connectivity index is 1.69. The van der Waals surface area contributed by atoms with Crippen molar-refractivity contribution < 1.29 is 14.6 Å². The normalized spacial score (nSPS) is 16.9. The van der Waals surface area contributed by atoms with Gasteiger partial charge in [-0.15, -0.1) is 0 Å². The lowest BCUT2D eigenvalue weighted by atomic mass is 9.79. The summed E-state index contributed by atoms with van der Waals surface area (Å²) in [6.45, 7) is 2.23. The van der Waals surface area contributed by atoms with Crippen molar-refractivity contribution in [3.63, 3.8) is 0 Å². The average Bonchev–Trinajstić information content (AvgIpc) is 2.98. The zero-order chi connectivity index (χ0) is 15.5. The number of hydrogen-bond donors (Lipinski definition) is 2. The van der Waals surface area contributed by atoms with Gasteiger partial charge in [0.05, 0.1) is 0 Å². The van der Waals surface area contributed by atoms with Crippen LogP contribution in [-0.4, -0.2) is 52.3 Å². The average molecular weight is 301 g/mol. The Hall–Kier alpha value is -1.70. The standard InChI is InChI=1S/C15H20BN3O3/c1-19-7-5-11(6-8-19)9-14-17-15(18-22-14)12-3-2-4-13(10-12)16(20)21/h2-4,10-11,20-21H,5-9H2,1H3. The molecule has 22 heavy (non-hydrogen) atoms. The summed E-state index contributed by atoms with van der Waals surface area (Å²) in [4.78, 5) is 6.77. The summed E-state index contributed by atoms with van der Waals surface area (Å²) in [5, 5.41) is 22.5. The van der Waals surface area contributed by atoms with Gasteiger partial charge in [-0.25, -0.2) is 0 Å². The molecular formula is C15H20BN3O3. The second-order valence-corrected chi connectivity index (χ2v) is 5.96. The van der Waals surface area contributed by atoms with E-state index in [4.69, 9.17) is 4.52 Å². The van der Waals surface area contributed by atoms with Crippen molar-refractivity contribution in [2.45, 2.75) is 19.3 Å². The van der Waals surface area contributed by atoms with E-state index in [2.05, 4.69) is 22.1 Å². The van der Waals surface area contributed by atoms with E-state index in [0.29, 0.717) is 23.1 Å². The van der Waals surface area contributed by atoms with Gasteiger partial charge in [0.25, 0.3) is 0 Å². The van der Waals surface area contributed by atoms with Crippen molar-refractivity contribution in [1.29, 1.82) is 0 Å². The first kappa shape index (κ1) is 15.2. The molecule has 0 unspecified atom stereocenters. The van der Waals surface area contributed by atoms with Gasteiger partial charge in [-0.1, -0.05) is 29.4 Å². The van der Waals surface area contributed by atoms with Crippen molar-refractivity contribution in [2.24, 2.45) is 5.92 Å². The summed E-state index contributed by atoms with van der Waals surface area (Å²) in [6, 6.07) is 6.88. The van der Waals surface area contributed by atoms with Gasteiger partial charge in [0.15, 0.2) is 0 Å². The van der Waals surface area contributed by atoms with Gasteiger partial charge >= 0.3 is 7.12 Å². The minimum Gasteiger partial charge on any atom is -0.423 e. The third-order valence-electron chi connectivity index (χ3n) is 4.21. The molecule has 7 heteroatoms. The smallest absolute Gasteiger partial charge is 0.423 e. The maximum absolute atomic E-state index is 9.23. The highest BCUT2D eigenvalue weighted by Crippen LogP contribution is 2.21. The molecule has 2 aromatic rings. The van der Waals surface area contributed by atoms with E-state index in [-0.39, 0.29) is 0 Å². The molecule has 6 nitrogen and oxygen atoms in total. The molecule has 0 radical (unpaired) electrons. The fourth-order valence-corrected chi connectivity index (χ4v) is 2.81. The summed E-state index contributed by atoms with van der Waals surface area (Å²) >= 11 is 0. The number of aromatic nitrogens is 2. The Morgan fingerprint density at radius 3 is 2.82 bits per heavy atom. The van der Waals surface area contributed by atoms with Crippen LogP contribution in [0.15, 0.2) is 28.8 Å². The highest BCUT2D eigenvalue weighted by atomic mass is 16.5. The maximum atomic E-state index is 9.23. The molecule has 0 bridgehead atoms. The van der Waals surface area contributed by atoms with Crippen molar-refractivity contribution in [3.05, 3.63) is 30.2 Å². The first-order chi connectivity index (χ1) is 10.6. The molecule has 2 N–H and O–H groups in total. The second kappa shape index (κ2) is 6.60. The maximum Gasteiger partial charge on any atom is 0.488 e. The van der Waals surface area contributed by atoms with E-state index in [0.717, 1.165) is 37.9 Å². The Morgan fingerprint density at radius 2 is 2.09 bits per heavy atom. The Bertz CT molecular complexity index is 624. The van der Waals surface area contributed by atoms with Gasteiger partial charge in [-0.2, -0.15) is 4.98 Å². The molecule has 1 aliphatic heterocycles. The van der Waals surface area contributed by atoms with Crippen LogP contribution in [-0.2, 0) is 6.42 Å². The highest BCUT2D eigenvalue weighted by molar-refractivity contribution is 6.58. The summed E-state index contributed by atoms with van der Waals surface area (Å²) < 4.78 is 5.35. The quantitative estimate of drug-likeness (QED) is 0.791. The number of rotatable bonds is 4. The number of piperidine rings is 1. The monoisotopic (exact) mass is 301 g/mol. The van der Waals surface area contributed by atoms with Crippen molar-refractivity contribution in [1.82, 2.24) is 15.0 Å². The van der Waals surface area contributed by atoms with E-state index in [1.54, 1.807) is 18.2 Å². The highest BCUT2D eigenvalue weighted by Gasteiger charge is 2.20. The zero-order valence-corrected chi connectivity index (χ0v) is 12.6. The lowest BCUT2D eigenvalue weighted by molar-refractivity contribution is 0.208. The van der Waals surface area contributed by atoms with Crippen LogP contribution in [0.4, 0.5) is 0 Å². The van der Waals surface area contributed by atoms with E-state index in [9.17, 15) is 10.0 Å². The van der Waals surface area contributed by atoms with Gasteiger partial charge in [0.2, 0.25) is 11.7 Å². The Morgan fingerprint density at radius 1 is 1.32 bits per heavy atom. The largest absolute Gasteiger partial charge is 0.488 e. The molecular weight excluding hydrogens is 281 g/mol. The number of likely N-dealkylation sites (tertiary alicyclic amines) is 1. The molecule has 0 amide bonds. The summed E-state index contributed by atoms with van der Waals surface area (Å²) in [7, 11) is 0.648. The molecule has 1 fully saturated rings. The van der Waals surface area contributed by atoms with Crippen molar-refractivity contribution in [2.75, 3.05) is 20.1 Å². The molecule has 3 rings (SSSR count). The second-order valence-electron chi connectivity index (χ2n) is 5.96. The predicted octanol–water partition coefficient (Wildman–Crippen LogP) is 0.301. The third kappa shape index (κ3) is 3.55. The molecule has 1 saturated heterocycles. The van der Waals surface area contributed by atoms with Gasteiger partial charge in [-0.3, -0.25) is 0 Å². The number of nitrogens with zero attached hydrogens (tertiary/aromatic N) is 3. The van der Waals surface area contributed by atoms with Gasteiger partial charge in [-0.05, 0) is 44.4 Å². The minimum absolute atomic E-state index is 0.416. The first-order valence-electron chi connectivity index (χ1n) is 7.59. The lowest BCUT2D eigenvalue weighted by Gasteiger charge is -2.27. The molecule has 116 valence electrons. The Kier molecular flexibility index (Phi) is 4.56. The summed E-state index contributed by atoms with van der Waals surface area (Å²) in [5.41, 5.74) is 1.14. The van der Waals surface area contributed by atoms with Crippen molar-refractivity contribution in [3.8, 4) is 11.4 Å². The van der Waals surface area contributed by atoms with Crippen LogP contribution < -0.4 is 5.46 Å². The lowest BCUT2D eigenvalue weighted by Crippen LogP contribution is -2.31. The molecule has 0 saturated carbocycles. The molecule has 1 aromatic heterocycles. The van der Waals surface area contributed by atoms with Crippen LogP contribution in [0.1, 0.15) is 18.7 Å². The Labute approximate surface area is 129 Å². The fraction of sp³-hybridized carbons (Fsp3) is 0.467. The van der Waals surface area contributed by atoms with E-state index >= 15 is 0 Å². The molecule has 0 aliphatic carbocycles. The van der Waals surface area contributed by atoms with Crippen LogP contribution in [0.3, 0.4) is 0 Å². The molecule has 0 spiro atoms. The third-order valence-corrected chi connectivity index (χ3v) is 4.21. The number of benzene rings is 1.